The minimum absolute atomic E-state index is 0. The van der Waals surface area contributed by atoms with E-state index in [1.54, 1.807) is 41.5 Å². The van der Waals surface area contributed by atoms with Crippen LogP contribution in [0.25, 0.3) is 0 Å². The fourth-order valence-electron chi connectivity index (χ4n) is 7.04. The summed E-state index contributed by atoms with van der Waals surface area (Å²) in [6.07, 6.45) is 0.934. The number of alkyl carbamates (subject to hydrolysis) is 2. The third-order valence-corrected chi connectivity index (χ3v) is 13.3. The Morgan fingerprint density at radius 3 is 1.35 bits per heavy atom. The molecule has 0 aliphatic heterocycles. The van der Waals surface area contributed by atoms with E-state index >= 15 is 0 Å². The summed E-state index contributed by atoms with van der Waals surface area (Å²) < 4.78 is 42.0. The second kappa shape index (κ2) is 40.8. The van der Waals surface area contributed by atoms with E-state index in [1.807, 2.05) is 6.92 Å². The molecule has 2 aromatic rings. The van der Waals surface area contributed by atoms with Crippen molar-refractivity contribution in [3.05, 3.63) is 55.6 Å². The highest BCUT2D eigenvalue weighted by Crippen LogP contribution is 2.38. The van der Waals surface area contributed by atoms with E-state index in [2.05, 4.69) is 26.6 Å². The maximum Gasteiger partial charge on any atom is 0.408 e. The lowest BCUT2D eigenvalue weighted by atomic mass is 9.98. The summed E-state index contributed by atoms with van der Waals surface area (Å²) >= 11 is 2.34. The molecule has 5 amide bonds. The van der Waals surface area contributed by atoms with E-state index in [9.17, 15) is 58.6 Å². The Kier molecular flexibility index (Phi) is 37.3. The Morgan fingerprint density at radius 1 is 0.612 bits per heavy atom. The number of ether oxygens (including phenoxy) is 8. The maximum absolute atomic E-state index is 12.3. The molecule has 0 radical (unpaired) electrons. The minimum atomic E-state index is -1.05. The number of rotatable bonds is 36. The monoisotopic (exact) mass is 1240 g/mol. The molecule has 0 saturated heterocycles. The molecule has 0 aromatic heterocycles. The van der Waals surface area contributed by atoms with Crippen molar-refractivity contribution in [2.24, 2.45) is 11.7 Å². The lowest BCUT2D eigenvalue weighted by Crippen LogP contribution is -2.45. The van der Waals surface area contributed by atoms with Gasteiger partial charge in [0.1, 0.15) is 29.1 Å². The molecule has 0 saturated carbocycles. The fourth-order valence-corrected chi connectivity index (χ4v) is 9.09. The number of nitro benzene ring substituents is 2. The van der Waals surface area contributed by atoms with Crippen LogP contribution in [0.15, 0.2) is 24.3 Å². The Labute approximate surface area is 505 Å². The van der Waals surface area contributed by atoms with Gasteiger partial charge in [-0.05, 0) is 86.3 Å². The summed E-state index contributed by atoms with van der Waals surface area (Å²) in [5.74, 6) is -0.932. The standard InChI is InChI=1S/C31H48N4O11S.C23H36N4O9S.CH4/c1-8-21(12-11-20(2)36)28(38)33-14-13-32-27(37)10-9-15-45-26-17-24(35(41)42)22(16-25(26)43-6)18-47-19-23(29(39)44-7)34-30(40)46-31(3,4)5;1-23(2,3)36-22(30)26-16(21(29)34-5)14-37-13-15-11-18(33-4)19(12-17(15)27(31)32)35-10-6-7-20(28)25-9-8-24;/h16-17,21,23H,8-15,18-19H2,1-7H3,(H,32,37)(H,33,38)(H,34,40);11-12,16H,6-10,13-14,24H2,1-5H3,(H,25,28)(H,26,30);1H4. The van der Waals surface area contributed by atoms with Crippen molar-refractivity contribution in [3.8, 4) is 23.0 Å². The van der Waals surface area contributed by atoms with Crippen molar-refractivity contribution in [3.63, 3.8) is 0 Å². The van der Waals surface area contributed by atoms with Gasteiger partial charge < -0.3 is 75.0 Å². The van der Waals surface area contributed by atoms with Crippen LogP contribution >= 0.6 is 23.5 Å². The van der Waals surface area contributed by atoms with Crippen LogP contribution in [0, 0.1) is 26.1 Å². The molecule has 2 rings (SSSR count). The van der Waals surface area contributed by atoms with Crippen molar-refractivity contribution in [2.45, 2.75) is 143 Å². The van der Waals surface area contributed by atoms with Crippen LogP contribution in [0.5, 0.6) is 23.0 Å². The third kappa shape index (κ3) is 32.5. The van der Waals surface area contributed by atoms with Gasteiger partial charge in [-0.3, -0.25) is 34.6 Å². The molecular formula is C55H88N8O20S2. The Hall–Kier alpha value is -7.34. The van der Waals surface area contributed by atoms with Gasteiger partial charge in [-0.1, -0.05) is 14.4 Å². The number of ketones is 1. The normalized spacial score (nSPS) is 11.9. The number of hydrogen-bond donors (Lipinski definition) is 6. The highest BCUT2D eigenvalue weighted by molar-refractivity contribution is 7.98. The number of benzene rings is 2. The van der Waals surface area contributed by atoms with Crippen LogP contribution in [-0.2, 0) is 59.2 Å². The number of nitro groups is 2. The summed E-state index contributed by atoms with van der Waals surface area (Å²) in [5, 5.41) is 36.6. The van der Waals surface area contributed by atoms with Crippen LogP contribution in [0.4, 0.5) is 21.0 Å². The van der Waals surface area contributed by atoms with Gasteiger partial charge in [0.2, 0.25) is 17.7 Å². The third-order valence-electron chi connectivity index (χ3n) is 11.1. The number of nitrogens with two attached hydrogens (primary N) is 1. The summed E-state index contributed by atoms with van der Waals surface area (Å²) in [7, 11) is 5.17. The molecule has 0 aliphatic carbocycles. The van der Waals surface area contributed by atoms with Gasteiger partial charge >= 0.3 is 24.1 Å². The predicted octanol–water partition coefficient (Wildman–Crippen LogP) is 6.46. The molecule has 28 nitrogen and oxygen atoms in total. The molecule has 2 aromatic carbocycles. The first-order valence-corrected chi connectivity index (χ1v) is 29.1. The largest absolute Gasteiger partial charge is 0.493 e. The van der Waals surface area contributed by atoms with Crippen molar-refractivity contribution >= 4 is 82.5 Å². The van der Waals surface area contributed by atoms with Crippen LogP contribution in [0.2, 0.25) is 0 Å². The lowest BCUT2D eigenvalue weighted by Gasteiger charge is -2.22. The molecule has 7 N–H and O–H groups in total. The maximum atomic E-state index is 12.3. The average Bonchev–Trinajstić information content (AvgIpc) is 3.62. The van der Waals surface area contributed by atoms with E-state index in [0.717, 1.165) is 11.8 Å². The number of carbonyl (C=O) groups excluding carboxylic acids is 8. The molecule has 0 aliphatic rings. The molecule has 3 atom stereocenters. The first-order chi connectivity index (χ1) is 39.5. The molecule has 3 unspecified atom stereocenters. The molecule has 0 fully saturated rings. The smallest absolute Gasteiger partial charge is 0.408 e. The lowest BCUT2D eigenvalue weighted by molar-refractivity contribution is -0.385. The van der Waals surface area contributed by atoms with Gasteiger partial charge in [-0.2, -0.15) is 23.5 Å². The number of methoxy groups -OCH3 is 4. The number of amides is 5. The summed E-state index contributed by atoms with van der Waals surface area (Å²) in [5.41, 5.74) is 4.03. The number of carbonyl (C=O) groups is 8. The summed E-state index contributed by atoms with van der Waals surface area (Å²) in [6, 6.07) is 3.41. The Balaban J connectivity index is 0.00000169. The molecule has 0 spiro atoms. The summed E-state index contributed by atoms with van der Waals surface area (Å²) in [6.45, 7) is 14.9. The average molecular weight is 1250 g/mol. The van der Waals surface area contributed by atoms with Crippen molar-refractivity contribution in [1.82, 2.24) is 26.6 Å². The Bertz CT molecular complexity index is 2510. The SMILES string of the molecule is C.CCC(CCC(C)=O)C(=O)NCCNC(=O)CCCOc1cc([N+](=O)[O-])c(CSCC(NC(=O)OC(C)(C)C)C(=O)OC)cc1OC.COC(=O)C(CSCc1cc(OC)c(OCCCC(=O)NCCN)cc1[N+](=O)[O-])NC(=O)OC(C)(C)C. The van der Waals surface area contributed by atoms with Crippen LogP contribution in [0.3, 0.4) is 0 Å². The predicted molar refractivity (Wildman–Crippen MR) is 320 cm³/mol. The number of nitrogens with zero attached hydrogens (tertiary/aromatic N) is 2. The van der Waals surface area contributed by atoms with Gasteiger partial charge in [0.25, 0.3) is 11.4 Å². The quantitative estimate of drug-likeness (QED) is 0.0140. The van der Waals surface area contributed by atoms with E-state index in [4.69, 9.17) is 43.6 Å². The molecule has 0 bridgehead atoms. The zero-order chi connectivity index (χ0) is 63.6. The highest BCUT2D eigenvalue weighted by atomic mass is 32.2. The molecule has 85 heavy (non-hydrogen) atoms. The fraction of sp³-hybridized carbons (Fsp3) is 0.636. The molecule has 0 heterocycles. The van der Waals surface area contributed by atoms with E-state index in [0.29, 0.717) is 56.3 Å². The molecule has 480 valence electrons. The van der Waals surface area contributed by atoms with Gasteiger partial charge in [0, 0.05) is 85.5 Å². The minimum Gasteiger partial charge on any atom is -0.493 e. The zero-order valence-corrected chi connectivity index (χ0v) is 51.6. The van der Waals surface area contributed by atoms with E-state index < -0.39 is 57.3 Å². The van der Waals surface area contributed by atoms with Crippen molar-refractivity contribution in [2.75, 3.05) is 79.3 Å². The van der Waals surface area contributed by atoms with Crippen LogP contribution in [0.1, 0.15) is 119 Å². The number of Topliss-reactive ketones (excluding diaryl/α,β-unsaturated/α-hetero) is 1. The topological polar surface area (TPSA) is 383 Å². The molecule has 30 heteroatoms. The van der Waals surface area contributed by atoms with Crippen molar-refractivity contribution in [1.29, 1.82) is 0 Å². The van der Waals surface area contributed by atoms with Gasteiger partial charge in [-0.25, -0.2) is 19.2 Å². The first-order valence-electron chi connectivity index (χ1n) is 26.8. The van der Waals surface area contributed by atoms with Gasteiger partial charge in [0.05, 0.1) is 63.6 Å². The molecular weight excluding hydrogens is 1160 g/mol. The number of esters is 2. The van der Waals surface area contributed by atoms with E-state index in [1.165, 1.54) is 71.4 Å². The number of thioether (sulfide) groups is 2. The first kappa shape index (κ1) is 77.7. The van der Waals surface area contributed by atoms with Gasteiger partial charge in [0.15, 0.2) is 23.0 Å². The van der Waals surface area contributed by atoms with Crippen LogP contribution < -0.4 is 51.3 Å². The second-order valence-electron chi connectivity index (χ2n) is 20.3. The van der Waals surface area contributed by atoms with Crippen molar-refractivity contribution < 1.29 is 86.1 Å². The van der Waals surface area contributed by atoms with Crippen LogP contribution in [-0.4, -0.2) is 160 Å². The Morgan fingerprint density at radius 2 is 1.01 bits per heavy atom. The van der Waals surface area contributed by atoms with E-state index in [-0.39, 0.29) is 133 Å². The second-order valence-corrected chi connectivity index (χ2v) is 22.3. The van der Waals surface area contributed by atoms with Gasteiger partial charge in [-0.15, -0.1) is 0 Å². The zero-order valence-electron chi connectivity index (χ0n) is 50.0. The number of hydrogen-bond acceptors (Lipinski definition) is 23. The summed E-state index contributed by atoms with van der Waals surface area (Å²) in [4.78, 5) is 118. The number of nitrogens with one attached hydrogen (secondary N) is 5. The highest BCUT2D eigenvalue weighted by Gasteiger charge is 2.29.